The number of likely N-dealkylation sites (tertiary alicyclic amines) is 1. The van der Waals surface area contributed by atoms with E-state index in [0.717, 1.165) is 65.2 Å². The van der Waals surface area contributed by atoms with Crippen LogP contribution in [0.4, 0.5) is 4.39 Å². The number of aliphatic hydroxyl groups excluding tert-OH is 1. The van der Waals surface area contributed by atoms with E-state index >= 15 is 0 Å². The number of rotatable bonds is 8. The number of aryl methyl sites for hydroxylation is 2. The number of halogens is 1. The van der Waals surface area contributed by atoms with Gasteiger partial charge >= 0.3 is 23.9 Å². The fourth-order valence-electron chi connectivity index (χ4n) is 5.22. The van der Waals surface area contributed by atoms with Crippen molar-refractivity contribution in [3.8, 4) is 0 Å². The number of carbonyl (C=O) groups is 5. The van der Waals surface area contributed by atoms with Gasteiger partial charge in [0, 0.05) is 70.1 Å². The predicted molar refractivity (Wildman–Crippen MR) is 169 cm³/mol. The molecule has 4 heterocycles. The molecule has 1 atom stereocenters. The first kappa shape index (κ1) is 39.2. The van der Waals surface area contributed by atoms with Crippen molar-refractivity contribution in [1.82, 2.24) is 15.4 Å². The van der Waals surface area contributed by atoms with Crippen molar-refractivity contribution < 1.29 is 63.9 Å². The van der Waals surface area contributed by atoms with E-state index in [1.165, 1.54) is 12.1 Å². The Kier molecular flexibility index (Phi) is 15.0. The van der Waals surface area contributed by atoms with Crippen LogP contribution in [0.2, 0.25) is 0 Å². The van der Waals surface area contributed by atoms with Crippen LogP contribution in [-0.2, 0) is 25.6 Å². The van der Waals surface area contributed by atoms with Crippen molar-refractivity contribution in [3.63, 3.8) is 0 Å². The molecule has 5 rings (SSSR count). The topological polar surface area (TPSA) is 259 Å². The maximum Gasteiger partial charge on any atom is 0.328 e. The summed E-state index contributed by atoms with van der Waals surface area (Å²) in [7, 11) is 0. The Morgan fingerprint density at radius 1 is 1.04 bits per heavy atom. The third kappa shape index (κ3) is 11.4. The fraction of sp³-hybridized carbons (Fsp3) is 0.355. The van der Waals surface area contributed by atoms with E-state index in [4.69, 9.17) is 24.9 Å². The van der Waals surface area contributed by atoms with E-state index in [0.29, 0.717) is 48.5 Å². The third-order valence-electron chi connectivity index (χ3n) is 7.23. The number of fused-ring (bicyclic) bond motifs is 2. The number of amides is 1. The number of β-amino-alcohol motifs (C(OH)–C–C–N with tert-alkyl or cyclic N) is 1. The first-order chi connectivity index (χ1) is 22.3. The summed E-state index contributed by atoms with van der Waals surface area (Å²) in [5.41, 5.74) is 2.88. The first-order valence-corrected chi connectivity index (χ1v) is 15.2. The van der Waals surface area contributed by atoms with Gasteiger partial charge in [-0.3, -0.25) is 4.79 Å². The zero-order chi connectivity index (χ0) is 34.7. The van der Waals surface area contributed by atoms with Gasteiger partial charge in [-0.25, -0.2) is 23.6 Å². The number of aliphatic hydroxyl groups is 1. The van der Waals surface area contributed by atoms with Crippen LogP contribution in [0.5, 0.6) is 0 Å². The molecule has 0 spiro atoms. The summed E-state index contributed by atoms with van der Waals surface area (Å²) in [6.07, 6.45) is 5.16. The zero-order valence-corrected chi connectivity index (χ0v) is 26.5. The number of hydrogen-bond acceptors (Lipinski definition) is 10. The third-order valence-corrected chi connectivity index (χ3v) is 8.42. The van der Waals surface area contributed by atoms with Gasteiger partial charge in [0.05, 0.1) is 17.4 Å². The lowest BCUT2D eigenvalue weighted by molar-refractivity contribution is -0.134. The van der Waals surface area contributed by atoms with Gasteiger partial charge in [-0.1, -0.05) is 5.16 Å². The SMILES string of the molecule is Cc1sc2c(c1C(O)CN1CCC(c3noc4cc(F)ccc34)CC1)C(=O)NCCC2.O.O=C(O)/C=C/C(=O)O.O=C(O)/C=C/C(=O)O. The molecule has 0 radical (unpaired) electrons. The number of carbonyl (C=O) groups excluding carboxylic acids is 1. The number of piperidine rings is 1. The number of aromatic nitrogens is 1. The summed E-state index contributed by atoms with van der Waals surface area (Å²) in [5.74, 6) is -5.15. The lowest BCUT2D eigenvalue weighted by atomic mass is 9.91. The number of benzene rings is 1. The fourth-order valence-corrected chi connectivity index (χ4v) is 6.49. The molecular formula is C31H36FN3O12S. The Balaban J connectivity index is 0.000000393. The van der Waals surface area contributed by atoms with Crippen LogP contribution >= 0.6 is 11.3 Å². The molecule has 260 valence electrons. The minimum absolute atomic E-state index is 0. The van der Waals surface area contributed by atoms with Gasteiger partial charge in [0.15, 0.2) is 5.58 Å². The molecule has 1 saturated heterocycles. The highest BCUT2D eigenvalue weighted by Crippen LogP contribution is 2.37. The average Bonchev–Trinajstić information content (AvgIpc) is 3.52. The predicted octanol–water partition coefficient (Wildman–Crippen LogP) is 2.52. The second-order valence-corrected chi connectivity index (χ2v) is 11.9. The number of hydrogen-bond donors (Lipinski definition) is 6. The van der Waals surface area contributed by atoms with Gasteiger partial charge < -0.3 is 45.7 Å². The number of thiophene rings is 1. The maximum atomic E-state index is 13.4. The Morgan fingerprint density at radius 2 is 1.60 bits per heavy atom. The molecule has 1 amide bonds. The number of nitrogens with zero attached hydrogens (tertiary/aromatic N) is 2. The highest BCUT2D eigenvalue weighted by atomic mass is 32.1. The molecule has 17 heteroatoms. The van der Waals surface area contributed by atoms with Crippen molar-refractivity contribution in [1.29, 1.82) is 0 Å². The van der Waals surface area contributed by atoms with E-state index in [9.17, 15) is 33.5 Å². The largest absolute Gasteiger partial charge is 0.478 e. The summed E-state index contributed by atoms with van der Waals surface area (Å²) in [5, 5.41) is 50.3. The smallest absolute Gasteiger partial charge is 0.328 e. The standard InChI is InChI=1S/C23H26FN3O3S.2C4H4O4.H2O/c1-13-20(21-19(31-13)3-2-8-25-23(21)29)17(28)12-27-9-6-14(7-10-27)22-16-5-4-15(24)11-18(16)30-26-22;2*5-3(6)1-2-4(7)8;/h4-5,11,14,17,28H,2-3,6-10,12H2,1H3,(H,25,29);2*1-2H,(H,5,6)(H,7,8);1H2/b;2*2-1+;. The number of aliphatic carboxylic acids is 4. The second kappa shape index (κ2) is 18.4. The highest BCUT2D eigenvalue weighted by Gasteiger charge is 2.31. The van der Waals surface area contributed by atoms with Crippen LogP contribution in [0.1, 0.15) is 62.7 Å². The Hall–Kier alpha value is -4.97. The first-order valence-electron chi connectivity index (χ1n) is 14.4. The minimum atomic E-state index is -1.26. The molecule has 2 aromatic heterocycles. The molecule has 15 nitrogen and oxygen atoms in total. The Labute approximate surface area is 276 Å². The number of nitrogens with one attached hydrogen (secondary N) is 1. The lowest BCUT2D eigenvalue weighted by Gasteiger charge is -2.32. The molecule has 0 saturated carbocycles. The molecule has 2 aliphatic heterocycles. The van der Waals surface area contributed by atoms with E-state index in [1.807, 2.05) is 6.92 Å². The highest BCUT2D eigenvalue weighted by molar-refractivity contribution is 7.12. The molecule has 0 bridgehead atoms. The van der Waals surface area contributed by atoms with E-state index in [2.05, 4.69) is 15.4 Å². The van der Waals surface area contributed by atoms with Gasteiger partial charge in [0.1, 0.15) is 5.82 Å². The second-order valence-electron chi connectivity index (χ2n) is 10.5. The molecule has 48 heavy (non-hydrogen) atoms. The van der Waals surface area contributed by atoms with Crippen molar-refractivity contribution in [3.05, 3.63) is 74.9 Å². The van der Waals surface area contributed by atoms with Crippen LogP contribution in [-0.4, -0.2) is 97.0 Å². The van der Waals surface area contributed by atoms with Crippen molar-refractivity contribution in [2.24, 2.45) is 0 Å². The van der Waals surface area contributed by atoms with Crippen LogP contribution < -0.4 is 5.32 Å². The van der Waals surface area contributed by atoms with Crippen LogP contribution in [0.25, 0.3) is 11.0 Å². The molecule has 1 unspecified atom stereocenters. The minimum Gasteiger partial charge on any atom is -0.478 e. The van der Waals surface area contributed by atoms with Gasteiger partial charge in [-0.05, 0) is 57.8 Å². The van der Waals surface area contributed by atoms with Crippen LogP contribution in [0.3, 0.4) is 0 Å². The summed E-state index contributed by atoms with van der Waals surface area (Å²) in [4.78, 5) is 55.2. The summed E-state index contributed by atoms with van der Waals surface area (Å²) < 4.78 is 18.7. The zero-order valence-electron chi connectivity index (χ0n) is 25.7. The van der Waals surface area contributed by atoms with E-state index < -0.39 is 30.0 Å². The molecular weight excluding hydrogens is 657 g/mol. The number of carboxylic acid groups (broad SMARTS) is 4. The summed E-state index contributed by atoms with van der Waals surface area (Å²) in [6.45, 7) is 4.85. The molecule has 2 aliphatic rings. The molecule has 8 N–H and O–H groups in total. The van der Waals surface area contributed by atoms with Crippen LogP contribution in [0.15, 0.2) is 47.0 Å². The quantitative estimate of drug-likeness (QED) is 0.186. The average molecular weight is 694 g/mol. The Bertz CT molecular complexity index is 1610. The van der Waals surface area contributed by atoms with Gasteiger partial charge in [-0.2, -0.15) is 0 Å². The number of carboxylic acids is 4. The van der Waals surface area contributed by atoms with Crippen molar-refractivity contribution in [2.75, 3.05) is 26.2 Å². The normalized spacial score (nSPS) is 15.6. The van der Waals surface area contributed by atoms with E-state index in [-0.39, 0.29) is 23.1 Å². The van der Waals surface area contributed by atoms with E-state index in [1.54, 1.807) is 17.4 Å². The molecule has 3 aromatic rings. The van der Waals surface area contributed by atoms with Crippen molar-refractivity contribution >= 4 is 52.1 Å². The monoisotopic (exact) mass is 693 g/mol. The lowest BCUT2D eigenvalue weighted by Crippen LogP contribution is -2.36. The van der Waals surface area contributed by atoms with Gasteiger partial charge in [0.2, 0.25) is 0 Å². The van der Waals surface area contributed by atoms with Gasteiger partial charge in [0.25, 0.3) is 5.91 Å². The van der Waals surface area contributed by atoms with Crippen molar-refractivity contribution in [2.45, 2.75) is 44.6 Å². The molecule has 1 aromatic carbocycles. The summed E-state index contributed by atoms with van der Waals surface area (Å²) in [6, 6.07) is 4.55. The summed E-state index contributed by atoms with van der Waals surface area (Å²) >= 11 is 1.64. The Morgan fingerprint density at radius 3 is 2.15 bits per heavy atom. The van der Waals surface area contributed by atoms with Gasteiger partial charge in [-0.15, -0.1) is 11.3 Å². The maximum absolute atomic E-state index is 13.4. The van der Waals surface area contributed by atoms with Crippen LogP contribution in [0, 0.1) is 12.7 Å². The molecule has 0 aliphatic carbocycles. The molecule has 1 fully saturated rings.